The molecule has 2 aromatic rings. The minimum absolute atomic E-state index is 0.0326. The molecule has 7 heteroatoms. The fourth-order valence-corrected chi connectivity index (χ4v) is 3.35. The minimum Gasteiger partial charge on any atom is -0.493 e. The van der Waals surface area contributed by atoms with Gasteiger partial charge in [0.15, 0.2) is 11.5 Å². The van der Waals surface area contributed by atoms with E-state index in [4.69, 9.17) is 14.2 Å². The van der Waals surface area contributed by atoms with E-state index in [1.165, 1.54) is 7.11 Å². The van der Waals surface area contributed by atoms with Crippen LogP contribution in [-0.2, 0) is 4.79 Å². The quantitative estimate of drug-likeness (QED) is 0.772. The Morgan fingerprint density at radius 1 is 1.13 bits per heavy atom. The van der Waals surface area contributed by atoms with Gasteiger partial charge in [-0.2, -0.15) is 0 Å². The molecule has 30 heavy (non-hydrogen) atoms. The number of carbonyl (C=O) groups is 2. The Morgan fingerprint density at radius 2 is 1.87 bits per heavy atom. The topological polar surface area (TPSA) is 77.1 Å². The van der Waals surface area contributed by atoms with Crippen molar-refractivity contribution < 1.29 is 23.8 Å². The van der Waals surface area contributed by atoms with Gasteiger partial charge in [0.25, 0.3) is 5.91 Å². The van der Waals surface area contributed by atoms with E-state index < -0.39 is 5.41 Å². The van der Waals surface area contributed by atoms with Crippen molar-refractivity contribution in [2.24, 2.45) is 5.41 Å². The van der Waals surface area contributed by atoms with Gasteiger partial charge in [0, 0.05) is 23.9 Å². The van der Waals surface area contributed by atoms with Gasteiger partial charge in [-0.25, -0.2) is 0 Å². The first kappa shape index (κ1) is 21.5. The standard InChI is InChI=1S/C23H28N2O5/c1-6-11-25-17-9-8-16(13-19(17)30-14-23(2,3)22(25)27)24-21(26)15-7-10-18(28-4)20(12-15)29-5/h7-10,12-13H,6,11,14H2,1-5H3,(H,24,26). The van der Waals surface area contributed by atoms with Gasteiger partial charge in [-0.15, -0.1) is 0 Å². The van der Waals surface area contributed by atoms with Crippen LogP contribution in [-0.4, -0.2) is 39.2 Å². The molecule has 0 unspecified atom stereocenters. The van der Waals surface area contributed by atoms with Gasteiger partial charge < -0.3 is 24.4 Å². The molecule has 0 bridgehead atoms. The second-order valence-corrected chi connectivity index (χ2v) is 7.84. The molecule has 3 rings (SSSR count). The molecule has 2 amide bonds. The molecule has 0 atom stereocenters. The number of ether oxygens (including phenoxy) is 3. The molecule has 1 aliphatic heterocycles. The Morgan fingerprint density at radius 3 is 2.53 bits per heavy atom. The van der Waals surface area contributed by atoms with Crippen LogP contribution in [0.25, 0.3) is 0 Å². The number of hydrogen-bond donors (Lipinski definition) is 1. The maximum Gasteiger partial charge on any atom is 0.255 e. The Balaban J connectivity index is 1.87. The lowest BCUT2D eigenvalue weighted by molar-refractivity contribution is -0.127. The largest absolute Gasteiger partial charge is 0.493 e. The van der Waals surface area contributed by atoms with E-state index in [0.29, 0.717) is 35.0 Å². The molecule has 160 valence electrons. The van der Waals surface area contributed by atoms with Gasteiger partial charge in [-0.3, -0.25) is 9.59 Å². The summed E-state index contributed by atoms with van der Waals surface area (Å²) in [4.78, 5) is 27.4. The molecule has 0 saturated heterocycles. The number of methoxy groups -OCH3 is 2. The van der Waals surface area contributed by atoms with Crippen LogP contribution in [0.5, 0.6) is 17.2 Å². The molecule has 0 aromatic heterocycles. The van der Waals surface area contributed by atoms with Crippen molar-refractivity contribution in [3.05, 3.63) is 42.0 Å². The molecule has 0 aliphatic carbocycles. The number of nitrogens with one attached hydrogen (secondary N) is 1. The van der Waals surface area contributed by atoms with Crippen molar-refractivity contribution >= 4 is 23.2 Å². The lowest BCUT2D eigenvalue weighted by atomic mass is 9.93. The second kappa shape index (κ2) is 8.65. The van der Waals surface area contributed by atoms with E-state index in [0.717, 1.165) is 12.1 Å². The van der Waals surface area contributed by atoms with E-state index in [1.54, 1.807) is 42.3 Å². The number of nitrogens with zero attached hydrogens (tertiary/aromatic N) is 1. The van der Waals surface area contributed by atoms with Crippen LogP contribution in [0, 0.1) is 5.41 Å². The van der Waals surface area contributed by atoms with Crippen LogP contribution in [0.2, 0.25) is 0 Å². The lowest BCUT2D eigenvalue weighted by Crippen LogP contribution is -2.42. The average Bonchev–Trinajstić information content (AvgIpc) is 2.83. The van der Waals surface area contributed by atoms with Gasteiger partial charge in [0.2, 0.25) is 5.91 Å². The predicted molar refractivity (Wildman–Crippen MR) is 116 cm³/mol. The van der Waals surface area contributed by atoms with E-state index in [9.17, 15) is 9.59 Å². The Bertz CT molecular complexity index is 955. The molecule has 2 aromatic carbocycles. The highest BCUT2D eigenvalue weighted by Crippen LogP contribution is 2.38. The molecule has 0 radical (unpaired) electrons. The molecular weight excluding hydrogens is 384 g/mol. The molecule has 1 heterocycles. The van der Waals surface area contributed by atoms with Crippen LogP contribution in [0.1, 0.15) is 37.6 Å². The first-order chi connectivity index (χ1) is 14.3. The third kappa shape index (κ3) is 4.20. The third-order valence-electron chi connectivity index (χ3n) is 5.01. The third-order valence-corrected chi connectivity index (χ3v) is 5.01. The van der Waals surface area contributed by atoms with E-state index >= 15 is 0 Å². The SMILES string of the molecule is CCCN1C(=O)C(C)(C)COc2cc(NC(=O)c3ccc(OC)c(OC)c3)ccc21. The summed E-state index contributed by atoms with van der Waals surface area (Å²) in [6.45, 7) is 6.67. The molecule has 0 saturated carbocycles. The Kier molecular flexibility index (Phi) is 6.20. The molecule has 0 spiro atoms. The normalized spacial score (nSPS) is 15.0. The van der Waals surface area contributed by atoms with Gasteiger partial charge in [0.1, 0.15) is 12.4 Å². The molecule has 0 fully saturated rings. The highest BCUT2D eigenvalue weighted by Gasteiger charge is 2.37. The summed E-state index contributed by atoms with van der Waals surface area (Å²) in [6, 6.07) is 10.3. The fraction of sp³-hybridized carbons (Fsp3) is 0.391. The maximum absolute atomic E-state index is 12.9. The first-order valence-electron chi connectivity index (χ1n) is 9.93. The Labute approximate surface area is 176 Å². The summed E-state index contributed by atoms with van der Waals surface area (Å²) in [5.74, 6) is 1.35. The zero-order valence-corrected chi connectivity index (χ0v) is 18.1. The second-order valence-electron chi connectivity index (χ2n) is 7.84. The maximum atomic E-state index is 12.9. The lowest BCUT2D eigenvalue weighted by Gasteiger charge is -2.27. The van der Waals surface area contributed by atoms with Gasteiger partial charge in [-0.1, -0.05) is 6.92 Å². The van der Waals surface area contributed by atoms with E-state index in [-0.39, 0.29) is 18.4 Å². The summed E-state index contributed by atoms with van der Waals surface area (Å²) in [5.41, 5.74) is 1.11. The number of benzene rings is 2. The van der Waals surface area contributed by atoms with E-state index in [1.807, 2.05) is 26.8 Å². The average molecular weight is 412 g/mol. The van der Waals surface area contributed by atoms with Crippen LogP contribution < -0.4 is 24.4 Å². The van der Waals surface area contributed by atoms with Gasteiger partial charge in [-0.05, 0) is 50.6 Å². The summed E-state index contributed by atoms with van der Waals surface area (Å²) in [6.07, 6.45) is 0.832. The van der Waals surface area contributed by atoms with Crippen molar-refractivity contribution in [2.45, 2.75) is 27.2 Å². The summed E-state index contributed by atoms with van der Waals surface area (Å²) < 4.78 is 16.4. The summed E-state index contributed by atoms with van der Waals surface area (Å²) in [5, 5.41) is 2.88. The highest BCUT2D eigenvalue weighted by molar-refractivity contribution is 6.05. The Hall–Kier alpha value is -3.22. The molecule has 1 N–H and O–H groups in total. The smallest absolute Gasteiger partial charge is 0.255 e. The van der Waals surface area contributed by atoms with Crippen molar-refractivity contribution in [2.75, 3.05) is 37.6 Å². The zero-order valence-electron chi connectivity index (χ0n) is 18.1. The number of rotatable bonds is 6. The number of anilines is 2. The van der Waals surface area contributed by atoms with Crippen molar-refractivity contribution in [1.29, 1.82) is 0 Å². The van der Waals surface area contributed by atoms with Crippen LogP contribution in [0.3, 0.4) is 0 Å². The number of carbonyl (C=O) groups excluding carboxylic acids is 2. The number of hydrogen-bond acceptors (Lipinski definition) is 5. The first-order valence-corrected chi connectivity index (χ1v) is 9.93. The van der Waals surface area contributed by atoms with Crippen LogP contribution in [0.15, 0.2) is 36.4 Å². The highest BCUT2D eigenvalue weighted by atomic mass is 16.5. The minimum atomic E-state index is -0.628. The predicted octanol–water partition coefficient (Wildman–Crippen LogP) is 4.12. The van der Waals surface area contributed by atoms with Crippen molar-refractivity contribution in [3.8, 4) is 17.2 Å². The fourth-order valence-electron chi connectivity index (χ4n) is 3.35. The van der Waals surface area contributed by atoms with Crippen molar-refractivity contribution in [3.63, 3.8) is 0 Å². The monoisotopic (exact) mass is 412 g/mol. The van der Waals surface area contributed by atoms with Crippen molar-refractivity contribution in [1.82, 2.24) is 0 Å². The molecular formula is C23H28N2O5. The summed E-state index contributed by atoms with van der Waals surface area (Å²) >= 11 is 0. The number of fused-ring (bicyclic) bond motifs is 1. The molecule has 1 aliphatic rings. The van der Waals surface area contributed by atoms with Gasteiger partial charge >= 0.3 is 0 Å². The van der Waals surface area contributed by atoms with Crippen LogP contribution >= 0.6 is 0 Å². The van der Waals surface area contributed by atoms with Crippen LogP contribution in [0.4, 0.5) is 11.4 Å². The number of amides is 2. The van der Waals surface area contributed by atoms with E-state index in [2.05, 4.69) is 5.32 Å². The zero-order chi connectivity index (χ0) is 21.9. The summed E-state index contributed by atoms with van der Waals surface area (Å²) in [7, 11) is 3.06. The molecule has 7 nitrogen and oxygen atoms in total. The van der Waals surface area contributed by atoms with Gasteiger partial charge in [0.05, 0.1) is 25.3 Å².